The minimum atomic E-state index is -0.943. The summed E-state index contributed by atoms with van der Waals surface area (Å²) in [4.78, 5) is 43.5. The normalized spacial score (nSPS) is 18.5. The minimum absolute atomic E-state index is 0.0709. The third-order valence-electron chi connectivity index (χ3n) is 3.94. The second kappa shape index (κ2) is 8.73. The summed E-state index contributed by atoms with van der Waals surface area (Å²) in [5.41, 5.74) is 0.112. The first-order chi connectivity index (χ1) is 13.1. The molecule has 1 fully saturated rings. The van der Waals surface area contributed by atoms with Gasteiger partial charge in [0.25, 0.3) is 5.91 Å². The molecular formula is C19H26N4O5. The minimum Gasteiger partial charge on any atom is -0.445 e. The topological polar surface area (TPSA) is 101 Å². The lowest BCUT2D eigenvalue weighted by molar-refractivity contribution is -0.125. The van der Waals surface area contributed by atoms with Crippen molar-refractivity contribution in [2.45, 2.75) is 39.0 Å². The maximum Gasteiger partial charge on any atom is 0.417 e. The molecule has 2 rings (SSSR count). The molecule has 0 saturated carbocycles. The van der Waals surface area contributed by atoms with Crippen LogP contribution in [0.2, 0.25) is 0 Å². The van der Waals surface area contributed by atoms with Crippen molar-refractivity contribution < 1.29 is 23.9 Å². The fraction of sp³-hybridized carbons (Fsp3) is 0.474. The Hall–Kier alpha value is -3.10. The monoisotopic (exact) mass is 390 g/mol. The van der Waals surface area contributed by atoms with Gasteiger partial charge < -0.3 is 9.47 Å². The van der Waals surface area contributed by atoms with Crippen molar-refractivity contribution >= 4 is 24.1 Å². The highest BCUT2D eigenvalue weighted by Gasteiger charge is 2.40. The summed E-state index contributed by atoms with van der Waals surface area (Å²) in [6.45, 7) is 5.20. The molecule has 1 atom stereocenters. The van der Waals surface area contributed by atoms with Gasteiger partial charge in [0, 0.05) is 14.1 Å². The molecule has 1 unspecified atom stereocenters. The number of hydrogen-bond acceptors (Lipinski definition) is 6. The molecule has 1 aromatic carbocycles. The highest BCUT2D eigenvalue weighted by Crippen LogP contribution is 2.15. The second-order valence-corrected chi connectivity index (χ2v) is 7.29. The van der Waals surface area contributed by atoms with E-state index in [4.69, 9.17) is 9.47 Å². The van der Waals surface area contributed by atoms with Crippen LogP contribution < -0.4 is 5.32 Å². The van der Waals surface area contributed by atoms with Crippen LogP contribution >= 0.6 is 0 Å². The number of likely N-dealkylation sites (N-methyl/N-ethyl adjacent to an activating group) is 1. The molecule has 1 aliphatic rings. The first-order valence-electron chi connectivity index (χ1n) is 8.84. The summed E-state index contributed by atoms with van der Waals surface area (Å²) in [6, 6.07) is 8.25. The van der Waals surface area contributed by atoms with Gasteiger partial charge in [-0.05, 0) is 26.3 Å². The standard InChI is InChI=1S/C19H26N4O5/c1-19(2,3)28-18(26)23-11-14(15(24)21-16(23)20-4)22(5)17(25)27-12-13-9-7-6-8-10-13/h6-10,14H,11-12H2,1-5H3,(H,20,21,24). The van der Waals surface area contributed by atoms with Crippen molar-refractivity contribution in [3.63, 3.8) is 0 Å². The smallest absolute Gasteiger partial charge is 0.417 e. The highest BCUT2D eigenvalue weighted by molar-refractivity contribution is 6.08. The van der Waals surface area contributed by atoms with Gasteiger partial charge in [0.05, 0.1) is 6.54 Å². The summed E-state index contributed by atoms with van der Waals surface area (Å²) in [7, 11) is 2.89. The SMILES string of the molecule is CN=C1NC(=O)C(N(C)C(=O)OCc2ccccc2)CN1C(=O)OC(C)(C)C. The molecule has 0 aliphatic carbocycles. The molecule has 0 bridgehead atoms. The molecule has 9 nitrogen and oxygen atoms in total. The third-order valence-corrected chi connectivity index (χ3v) is 3.94. The van der Waals surface area contributed by atoms with E-state index in [1.54, 1.807) is 20.8 Å². The molecule has 0 spiro atoms. The Bertz CT molecular complexity index is 757. The summed E-state index contributed by atoms with van der Waals surface area (Å²) in [6.07, 6.45) is -1.34. The van der Waals surface area contributed by atoms with Gasteiger partial charge in [-0.25, -0.2) is 14.5 Å². The van der Waals surface area contributed by atoms with Gasteiger partial charge in [0.1, 0.15) is 18.2 Å². The maximum absolute atomic E-state index is 12.5. The van der Waals surface area contributed by atoms with Crippen LogP contribution in [-0.2, 0) is 20.9 Å². The van der Waals surface area contributed by atoms with Crippen LogP contribution in [-0.4, -0.2) is 66.1 Å². The number of carbonyl (C=O) groups is 3. The van der Waals surface area contributed by atoms with E-state index < -0.39 is 29.7 Å². The van der Waals surface area contributed by atoms with Gasteiger partial charge in [0.2, 0.25) is 5.96 Å². The number of carbonyl (C=O) groups excluding carboxylic acids is 3. The molecule has 1 heterocycles. The third kappa shape index (κ3) is 5.45. The van der Waals surface area contributed by atoms with Gasteiger partial charge >= 0.3 is 12.2 Å². The maximum atomic E-state index is 12.5. The zero-order valence-electron chi connectivity index (χ0n) is 16.8. The Kier molecular flexibility index (Phi) is 6.61. The van der Waals surface area contributed by atoms with Crippen LogP contribution in [0, 0.1) is 0 Å². The van der Waals surface area contributed by atoms with Gasteiger partial charge in [-0.2, -0.15) is 0 Å². The fourth-order valence-electron chi connectivity index (χ4n) is 2.50. The zero-order chi connectivity index (χ0) is 20.9. The predicted molar refractivity (Wildman–Crippen MR) is 103 cm³/mol. The lowest BCUT2D eigenvalue weighted by atomic mass is 10.2. The number of amides is 3. The van der Waals surface area contributed by atoms with Crippen molar-refractivity contribution in [3.8, 4) is 0 Å². The van der Waals surface area contributed by atoms with Gasteiger partial charge in [0.15, 0.2) is 0 Å². The predicted octanol–water partition coefficient (Wildman–Crippen LogP) is 1.98. The number of nitrogens with zero attached hydrogens (tertiary/aromatic N) is 3. The molecule has 3 amide bonds. The fourth-order valence-corrected chi connectivity index (χ4v) is 2.50. The number of hydrogen-bond donors (Lipinski definition) is 1. The summed E-state index contributed by atoms with van der Waals surface area (Å²) >= 11 is 0. The Morgan fingerprint density at radius 3 is 2.50 bits per heavy atom. The van der Waals surface area contributed by atoms with Crippen LogP contribution in [0.25, 0.3) is 0 Å². The Morgan fingerprint density at radius 2 is 1.93 bits per heavy atom. The van der Waals surface area contributed by atoms with E-state index in [0.717, 1.165) is 10.5 Å². The van der Waals surface area contributed by atoms with Crippen molar-refractivity contribution in [2.75, 3.05) is 20.6 Å². The molecule has 1 aromatic rings. The average Bonchev–Trinajstić information content (AvgIpc) is 2.64. The number of aliphatic imine (C=N–C) groups is 1. The molecule has 0 radical (unpaired) electrons. The molecule has 1 aliphatic heterocycles. The second-order valence-electron chi connectivity index (χ2n) is 7.29. The van der Waals surface area contributed by atoms with E-state index in [1.807, 2.05) is 30.3 Å². The quantitative estimate of drug-likeness (QED) is 0.850. The zero-order valence-corrected chi connectivity index (χ0v) is 16.8. The van der Waals surface area contributed by atoms with E-state index in [0.29, 0.717) is 0 Å². The van der Waals surface area contributed by atoms with E-state index in [1.165, 1.54) is 19.0 Å². The molecule has 9 heteroatoms. The lowest BCUT2D eigenvalue weighted by Gasteiger charge is -2.37. The van der Waals surface area contributed by atoms with Gasteiger partial charge in [-0.15, -0.1) is 0 Å². The van der Waals surface area contributed by atoms with Crippen molar-refractivity contribution in [1.29, 1.82) is 0 Å². The Morgan fingerprint density at radius 1 is 1.29 bits per heavy atom. The molecular weight excluding hydrogens is 364 g/mol. The first-order valence-corrected chi connectivity index (χ1v) is 8.84. The average molecular weight is 390 g/mol. The van der Waals surface area contributed by atoms with Crippen molar-refractivity contribution in [1.82, 2.24) is 15.1 Å². The van der Waals surface area contributed by atoms with E-state index in [-0.39, 0.29) is 19.1 Å². The lowest BCUT2D eigenvalue weighted by Crippen LogP contribution is -2.64. The molecule has 1 N–H and O–H groups in total. The Balaban J connectivity index is 2.07. The van der Waals surface area contributed by atoms with E-state index >= 15 is 0 Å². The number of nitrogens with one attached hydrogen (secondary N) is 1. The molecule has 0 aromatic heterocycles. The first kappa shape index (κ1) is 21.2. The number of ether oxygens (including phenoxy) is 2. The van der Waals surface area contributed by atoms with Crippen LogP contribution in [0.5, 0.6) is 0 Å². The van der Waals surface area contributed by atoms with E-state index in [9.17, 15) is 14.4 Å². The van der Waals surface area contributed by atoms with Crippen molar-refractivity contribution in [2.24, 2.45) is 4.99 Å². The van der Waals surface area contributed by atoms with Crippen LogP contribution in [0.15, 0.2) is 35.3 Å². The van der Waals surface area contributed by atoms with Crippen molar-refractivity contribution in [3.05, 3.63) is 35.9 Å². The van der Waals surface area contributed by atoms with Crippen LogP contribution in [0.1, 0.15) is 26.3 Å². The number of guanidine groups is 1. The summed E-state index contributed by atoms with van der Waals surface area (Å²) < 4.78 is 10.6. The largest absolute Gasteiger partial charge is 0.445 e. The molecule has 1 saturated heterocycles. The van der Waals surface area contributed by atoms with Gasteiger partial charge in [-0.1, -0.05) is 30.3 Å². The summed E-state index contributed by atoms with van der Waals surface area (Å²) in [5.74, 6) is -0.388. The Labute approximate surface area is 164 Å². The van der Waals surface area contributed by atoms with E-state index in [2.05, 4.69) is 10.3 Å². The summed E-state index contributed by atoms with van der Waals surface area (Å²) in [5, 5.41) is 2.53. The van der Waals surface area contributed by atoms with Crippen LogP contribution in [0.4, 0.5) is 9.59 Å². The highest BCUT2D eigenvalue weighted by atomic mass is 16.6. The van der Waals surface area contributed by atoms with Crippen LogP contribution in [0.3, 0.4) is 0 Å². The van der Waals surface area contributed by atoms with Gasteiger partial charge in [-0.3, -0.25) is 20.0 Å². The number of rotatable bonds is 3. The molecule has 28 heavy (non-hydrogen) atoms. The molecule has 152 valence electrons. The number of benzene rings is 1.